The van der Waals surface area contributed by atoms with E-state index in [0.717, 1.165) is 24.0 Å². The lowest BCUT2D eigenvalue weighted by molar-refractivity contribution is 0.0625. The maximum absolute atomic E-state index is 12.6. The molecule has 2 aromatic heterocycles. The molecule has 1 amide bonds. The summed E-state index contributed by atoms with van der Waals surface area (Å²) >= 11 is 7.58. The summed E-state index contributed by atoms with van der Waals surface area (Å²) in [6.07, 6.45) is 1.62. The smallest absolute Gasteiger partial charge is 0.259 e. The Balaban J connectivity index is 1.59. The van der Waals surface area contributed by atoms with E-state index in [4.69, 9.17) is 16.3 Å². The molecule has 1 aliphatic heterocycles. The average molecular weight is 352 g/mol. The fourth-order valence-electron chi connectivity index (χ4n) is 2.65. The van der Waals surface area contributed by atoms with Gasteiger partial charge >= 0.3 is 0 Å². The lowest BCUT2D eigenvalue weighted by atomic mass is 10.2. The van der Waals surface area contributed by atoms with Crippen molar-refractivity contribution in [2.24, 2.45) is 0 Å². The maximum Gasteiger partial charge on any atom is 0.259 e. The number of carbonyl (C=O) groups is 1. The van der Waals surface area contributed by atoms with Crippen LogP contribution in [0.2, 0.25) is 4.34 Å². The standard InChI is InChI=1S/C16H18ClN3O2S/c1-22-15-13(3-2-6-18-15)16(21)20-9-7-19(8-10-20)11-12-4-5-14(17)23-12/h2-6H,7-11H2,1H3. The van der Waals surface area contributed by atoms with Crippen LogP contribution < -0.4 is 4.74 Å². The average Bonchev–Trinajstić information content (AvgIpc) is 3.00. The van der Waals surface area contributed by atoms with E-state index in [1.165, 1.54) is 12.0 Å². The van der Waals surface area contributed by atoms with E-state index in [-0.39, 0.29) is 5.91 Å². The van der Waals surface area contributed by atoms with Crippen molar-refractivity contribution < 1.29 is 9.53 Å². The summed E-state index contributed by atoms with van der Waals surface area (Å²) in [5.74, 6) is 0.363. The number of hydrogen-bond donors (Lipinski definition) is 0. The first-order valence-corrected chi connectivity index (χ1v) is 8.61. The Morgan fingerprint density at radius 3 is 2.74 bits per heavy atom. The lowest BCUT2D eigenvalue weighted by Crippen LogP contribution is -2.48. The zero-order valence-electron chi connectivity index (χ0n) is 12.9. The van der Waals surface area contributed by atoms with Crippen molar-refractivity contribution in [2.75, 3.05) is 33.3 Å². The largest absolute Gasteiger partial charge is 0.480 e. The van der Waals surface area contributed by atoms with Crippen LogP contribution in [-0.2, 0) is 6.54 Å². The van der Waals surface area contributed by atoms with Crippen molar-refractivity contribution in [3.63, 3.8) is 0 Å². The van der Waals surface area contributed by atoms with E-state index < -0.39 is 0 Å². The number of amides is 1. The third kappa shape index (κ3) is 3.83. The van der Waals surface area contributed by atoms with Gasteiger partial charge in [0.1, 0.15) is 5.56 Å². The van der Waals surface area contributed by atoms with Gasteiger partial charge in [0.15, 0.2) is 0 Å². The molecule has 0 bridgehead atoms. The number of aromatic nitrogens is 1. The van der Waals surface area contributed by atoms with E-state index in [1.54, 1.807) is 29.7 Å². The van der Waals surface area contributed by atoms with Gasteiger partial charge < -0.3 is 9.64 Å². The molecule has 0 aromatic carbocycles. The summed E-state index contributed by atoms with van der Waals surface area (Å²) in [6, 6.07) is 7.50. The molecule has 0 unspecified atom stereocenters. The highest BCUT2D eigenvalue weighted by molar-refractivity contribution is 7.16. The molecular weight excluding hydrogens is 334 g/mol. The van der Waals surface area contributed by atoms with Gasteiger partial charge in [-0.25, -0.2) is 4.98 Å². The summed E-state index contributed by atoms with van der Waals surface area (Å²) < 4.78 is 6.00. The van der Waals surface area contributed by atoms with Gasteiger partial charge in [0.25, 0.3) is 5.91 Å². The van der Waals surface area contributed by atoms with Gasteiger partial charge in [-0.3, -0.25) is 9.69 Å². The van der Waals surface area contributed by atoms with Gasteiger partial charge in [-0.1, -0.05) is 11.6 Å². The van der Waals surface area contributed by atoms with Gasteiger partial charge in [-0.2, -0.15) is 0 Å². The first-order valence-electron chi connectivity index (χ1n) is 7.42. The predicted octanol–water partition coefficient (Wildman–Crippen LogP) is 2.76. The Kier molecular flexibility index (Phi) is 5.15. The zero-order valence-corrected chi connectivity index (χ0v) is 14.4. The second-order valence-corrected chi connectivity index (χ2v) is 7.13. The highest BCUT2D eigenvalue weighted by Crippen LogP contribution is 2.23. The monoisotopic (exact) mass is 351 g/mol. The fraction of sp³-hybridized carbons (Fsp3) is 0.375. The molecule has 0 N–H and O–H groups in total. The second-order valence-electron chi connectivity index (χ2n) is 5.33. The normalized spacial score (nSPS) is 15.7. The van der Waals surface area contributed by atoms with Crippen LogP contribution in [0.5, 0.6) is 5.88 Å². The van der Waals surface area contributed by atoms with Crippen LogP contribution in [0.4, 0.5) is 0 Å². The maximum atomic E-state index is 12.6. The molecule has 0 radical (unpaired) electrons. The highest BCUT2D eigenvalue weighted by atomic mass is 35.5. The minimum atomic E-state index is -0.0197. The number of hydrogen-bond acceptors (Lipinski definition) is 5. The van der Waals surface area contributed by atoms with Gasteiger partial charge in [0.05, 0.1) is 11.4 Å². The van der Waals surface area contributed by atoms with Crippen molar-refractivity contribution in [3.05, 3.63) is 45.2 Å². The molecule has 0 atom stereocenters. The van der Waals surface area contributed by atoms with E-state index >= 15 is 0 Å². The Morgan fingerprint density at radius 1 is 1.30 bits per heavy atom. The van der Waals surface area contributed by atoms with Crippen LogP contribution in [0.3, 0.4) is 0 Å². The molecule has 2 aromatic rings. The zero-order chi connectivity index (χ0) is 16.2. The summed E-state index contributed by atoms with van der Waals surface area (Å²) in [4.78, 5) is 22.2. The minimum Gasteiger partial charge on any atom is -0.480 e. The number of carbonyl (C=O) groups excluding carboxylic acids is 1. The van der Waals surface area contributed by atoms with Crippen LogP contribution in [0.15, 0.2) is 30.5 Å². The third-order valence-electron chi connectivity index (χ3n) is 3.86. The minimum absolute atomic E-state index is 0.0197. The molecule has 1 saturated heterocycles. The number of pyridine rings is 1. The Hall–Kier alpha value is -1.63. The van der Waals surface area contributed by atoms with Crippen LogP contribution in [0, 0.1) is 0 Å². The lowest BCUT2D eigenvalue weighted by Gasteiger charge is -2.34. The molecule has 3 heterocycles. The quantitative estimate of drug-likeness (QED) is 0.849. The van der Waals surface area contributed by atoms with E-state index in [0.29, 0.717) is 24.5 Å². The van der Waals surface area contributed by atoms with Crippen LogP contribution >= 0.6 is 22.9 Å². The van der Waals surface area contributed by atoms with Crippen LogP contribution in [0.25, 0.3) is 0 Å². The molecule has 7 heteroatoms. The van der Waals surface area contributed by atoms with Gasteiger partial charge in [-0.05, 0) is 24.3 Å². The number of nitrogens with zero attached hydrogens (tertiary/aromatic N) is 3. The van der Waals surface area contributed by atoms with Crippen LogP contribution in [0.1, 0.15) is 15.2 Å². The molecule has 122 valence electrons. The van der Waals surface area contributed by atoms with Crippen molar-refractivity contribution in [3.8, 4) is 5.88 Å². The summed E-state index contributed by atoms with van der Waals surface area (Å²) in [5.41, 5.74) is 0.522. The van der Waals surface area contributed by atoms with Crippen molar-refractivity contribution in [1.82, 2.24) is 14.8 Å². The van der Waals surface area contributed by atoms with Gasteiger partial charge in [0.2, 0.25) is 5.88 Å². The molecule has 0 aliphatic carbocycles. The predicted molar refractivity (Wildman–Crippen MR) is 91.3 cm³/mol. The highest BCUT2D eigenvalue weighted by Gasteiger charge is 2.24. The topological polar surface area (TPSA) is 45.7 Å². The summed E-state index contributed by atoms with van der Waals surface area (Å²) in [6.45, 7) is 4.00. The number of ether oxygens (including phenoxy) is 1. The van der Waals surface area contributed by atoms with Crippen molar-refractivity contribution in [2.45, 2.75) is 6.54 Å². The second kappa shape index (κ2) is 7.29. The Morgan fingerprint density at radius 2 is 2.09 bits per heavy atom. The van der Waals surface area contributed by atoms with E-state index in [9.17, 15) is 4.79 Å². The number of thiophene rings is 1. The summed E-state index contributed by atoms with van der Waals surface area (Å²) in [5, 5.41) is 0. The number of piperazine rings is 1. The molecule has 0 spiro atoms. The molecule has 1 fully saturated rings. The first-order chi connectivity index (χ1) is 11.2. The number of halogens is 1. The fourth-order valence-corrected chi connectivity index (χ4v) is 3.78. The molecule has 5 nitrogen and oxygen atoms in total. The molecule has 1 aliphatic rings. The Bertz CT molecular complexity index is 683. The molecular formula is C16H18ClN3O2S. The Labute approximate surface area is 144 Å². The number of methoxy groups -OCH3 is 1. The van der Waals surface area contributed by atoms with Crippen molar-refractivity contribution >= 4 is 28.8 Å². The van der Waals surface area contributed by atoms with Crippen LogP contribution in [-0.4, -0.2) is 54.0 Å². The van der Waals surface area contributed by atoms with Crippen molar-refractivity contribution in [1.29, 1.82) is 0 Å². The third-order valence-corrected chi connectivity index (χ3v) is 5.08. The van der Waals surface area contributed by atoms with Gasteiger partial charge in [0, 0.05) is 43.8 Å². The van der Waals surface area contributed by atoms with E-state index in [2.05, 4.69) is 16.0 Å². The van der Waals surface area contributed by atoms with E-state index in [1.807, 2.05) is 11.0 Å². The first kappa shape index (κ1) is 16.2. The summed E-state index contributed by atoms with van der Waals surface area (Å²) in [7, 11) is 1.53. The SMILES string of the molecule is COc1ncccc1C(=O)N1CCN(Cc2ccc(Cl)s2)CC1. The molecule has 3 rings (SSSR count). The van der Waals surface area contributed by atoms with Gasteiger partial charge in [-0.15, -0.1) is 11.3 Å². The molecule has 23 heavy (non-hydrogen) atoms. The number of rotatable bonds is 4. The molecule has 0 saturated carbocycles.